The van der Waals surface area contributed by atoms with Crippen LogP contribution in [0.2, 0.25) is 0 Å². The number of anilines is 1. The zero-order valence-electron chi connectivity index (χ0n) is 11.7. The monoisotopic (exact) mass is 270 g/mol. The van der Waals surface area contributed by atoms with Crippen molar-refractivity contribution in [3.05, 3.63) is 11.1 Å². The first-order valence-corrected chi connectivity index (χ1v) is 7.12. The summed E-state index contributed by atoms with van der Waals surface area (Å²) < 4.78 is 5.17. The van der Waals surface area contributed by atoms with Crippen LogP contribution < -0.4 is 5.32 Å². The van der Waals surface area contributed by atoms with Crippen molar-refractivity contribution in [3.8, 4) is 0 Å². The fourth-order valence-electron chi connectivity index (χ4n) is 1.35. The summed E-state index contributed by atoms with van der Waals surface area (Å²) in [6.45, 7) is 9.87. The molecule has 1 amide bonds. The molecule has 1 unspecified atom stereocenters. The molecule has 1 aromatic heterocycles. The molecule has 0 bridgehead atoms. The van der Waals surface area contributed by atoms with Gasteiger partial charge in [-0.15, -0.1) is 11.3 Å². The normalized spacial score (nSPS) is 13.2. The highest BCUT2D eigenvalue weighted by Crippen LogP contribution is 2.20. The predicted molar refractivity (Wildman–Crippen MR) is 75.1 cm³/mol. The van der Waals surface area contributed by atoms with Crippen LogP contribution in [0.1, 0.15) is 46.7 Å². The Hall–Kier alpha value is -1.10. The molecular formula is C13H22N2O2S. The Labute approximate surface area is 113 Å². The van der Waals surface area contributed by atoms with Gasteiger partial charge in [0.15, 0.2) is 5.13 Å². The van der Waals surface area contributed by atoms with E-state index in [2.05, 4.69) is 24.1 Å². The molecule has 1 heterocycles. The smallest absolute Gasteiger partial charge is 0.413 e. The van der Waals surface area contributed by atoms with E-state index >= 15 is 0 Å². The number of carbonyl (C=O) groups is 1. The number of aromatic nitrogens is 1. The van der Waals surface area contributed by atoms with Crippen molar-refractivity contribution in [2.45, 2.75) is 53.1 Å². The van der Waals surface area contributed by atoms with Gasteiger partial charge in [0.05, 0.1) is 5.69 Å². The van der Waals surface area contributed by atoms with Gasteiger partial charge >= 0.3 is 6.09 Å². The van der Waals surface area contributed by atoms with Crippen LogP contribution in [0.4, 0.5) is 9.93 Å². The molecule has 1 N–H and O–H groups in total. The Balaban J connectivity index is 2.51. The zero-order chi connectivity index (χ0) is 13.8. The molecule has 0 aromatic carbocycles. The van der Waals surface area contributed by atoms with E-state index in [9.17, 15) is 4.79 Å². The summed E-state index contributed by atoms with van der Waals surface area (Å²) in [5.41, 5.74) is 0.543. The minimum Gasteiger partial charge on any atom is -0.444 e. The SMILES string of the molecule is CCC(C)Cc1csc(NC(=O)OC(C)(C)C)n1. The van der Waals surface area contributed by atoms with E-state index in [1.165, 1.54) is 11.3 Å². The summed E-state index contributed by atoms with van der Waals surface area (Å²) in [6, 6.07) is 0. The first kappa shape index (κ1) is 15.0. The molecule has 18 heavy (non-hydrogen) atoms. The van der Waals surface area contributed by atoms with Gasteiger partial charge in [-0.2, -0.15) is 0 Å². The second-order valence-corrected chi connectivity index (χ2v) is 6.35. The van der Waals surface area contributed by atoms with Crippen molar-refractivity contribution in [3.63, 3.8) is 0 Å². The van der Waals surface area contributed by atoms with E-state index in [4.69, 9.17) is 4.74 Å². The van der Waals surface area contributed by atoms with Gasteiger partial charge in [-0.25, -0.2) is 9.78 Å². The lowest BCUT2D eigenvalue weighted by Crippen LogP contribution is -2.27. The Kier molecular flexibility index (Phi) is 5.14. The molecule has 1 aromatic rings. The maximum Gasteiger partial charge on any atom is 0.413 e. The van der Waals surface area contributed by atoms with E-state index in [0.29, 0.717) is 11.0 Å². The molecule has 0 aliphatic heterocycles. The topological polar surface area (TPSA) is 51.2 Å². The van der Waals surface area contributed by atoms with Crippen LogP contribution in [0.25, 0.3) is 0 Å². The maximum atomic E-state index is 11.5. The molecule has 0 aliphatic carbocycles. The highest BCUT2D eigenvalue weighted by molar-refractivity contribution is 7.13. The Bertz CT molecular complexity index is 396. The number of ether oxygens (including phenoxy) is 1. The Morgan fingerprint density at radius 3 is 2.78 bits per heavy atom. The summed E-state index contributed by atoms with van der Waals surface area (Å²) in [5.74, 6) is 0.612. The average molecular weight is 270 g/mol. The average Bonchev–Trinajstić information content (AvgIpc) is 2.62. The summed E-state index contributed by atoms with van der Waals surface area (Å²) in [4.78, 5) is 15.9. The van der Waals surface area contributed by atoms with E-state index in [1.807, 2.05) is 26.2 Å². The molecule has 102 valence electrons. The van der Waals surface area contributed by atoms with Crippen LogP contribution >= 0.6 is 11.3 Å². The van der Waals surface area contributed by atoms with Gasteiger partial charge in [0, 0.05) is 5.38 Å². The molecular weight excluding hydrogens is 248 g/mol. The highest BCUT2D eigenvalue weighted by Gasteiger charge is 2.17. The van der Waals surface area contributed by atoms with Crippen molar-refractivity contribution < 1.29 is 9.53 Å². The molecule has 0 fully saturated rings. The maximum absolute atomic E-state index is 11.5. The molecule has 0 saturated carbocycles. The molecule has 0 spiro atoms. The van der Waals surface area contributed by atoms with Crippen LogP contribution in [-0.4, -0.2) is 16.7 Å². The Morgan fingerprint density at radius 1 is 1.56 bits per heavy atom. The van der Waals surface area contributed by atoms with Gasteiger partial charge in [0.2, 0.25) is 0 Å². The van der Waals surface area contributed by atoms with Gasteiger partial charge < -0.3 is 4.74 Å². The van der Waals surface area contributed by atoms with Crippen molar-refractivity contribution in [2.75, 3.05) is 5.32 Å². The van der Waals surface area contributed by atoms with E-state index in [1.54, 1.807) is 0 Å². The number of hydrogen-bond acceptors (Lipinski definition) is 4. The lowest BCUT2D eigenvalue weighted by Gasteiger charge is -2.18. The summed E-state index contributed by atoms with van der Waals surface area (Å²) in [6.07, 6.45) is 1.63. The van der Waals surface area contributed by atoms with Gasteiger partial charge in [-0.1, -0.05) is 20.3 Å². The molecule has 1 rings (SSSR count). The van der Waals surface area contributed by atoms with Crippen molar-refractivity contribution in [1.29, 1.82) is 0 Å². The standard InChI is InChI=1S/C13H22N2O2S/c1-6-9(2)7-10-8-18-11(14-10)15-12(16)17-13(3,4)5/h8-9H,6-7H2,1-5H3,(H,14,15,16). The molecule has 0 saturated heterocycles. The number of hydrogen-bond donors (Lipinski definition) is 1. The molecule has 0 aliphatic rings. The fraction of sp³-hybridized carbons (Fsp3) is 0.692. The third kappa shape index (κ3) is 5.49. The van der Waals surface area contributed by atoms with Gasteiger partial charge in [-0.05, 0) is 33.1 Å². The molecule has 4 nitrogen and oxygen atoms in total. The summed E-state index contributed by atoms with van der Waals surface area (Å²) >= 11 is 1.43. The summed E-state index contributed by atoms with van der Waals surface area (Å²) in [5, 5.41) is 5.24. The summed E-state index contributed by atoms with van der Waals surface area (Å²) in [7, 11) is 0. The van der Waals surface area contributed by atoms with Crippen LogP contribution in [0.5, 0.6) is 0 Å². The van der Waals surface area contributed by atoms with E-state index in [-0.39, 0.29) is 0 Å². The van der Waals surface area contributed by atoms with E-state index < -0.39 is 11.7 Å². The second kappa shape index (κ2) is 6.18. The van der Waals surface area contributed by atoms with Crippen LogP contribution in [0, 0.1) is 5.92 Å². The largest absolute Gasteiger partial charge is 0.444 e. The minimum atomic E-state index is -0.485. The minimum absolute atomic E-state index is 0.452. The van der Waals surface area contributed by atoms with Crippen LogP contribution in [0.15, 0.2) is 5.38 Å². The molecule has 5 heteroatoms. The first-order valence-electron chi connectivity index (χ1n) is 6.24. The molecule has 0 radical (unpaired) electrons. The van der Waals surface area contributed by atoms with Crippen LogP contribution in [0.3, 0.4) is 0 Å². The van der Waals surface area contributed by atoms with Crippen molar-refractivity contribution in [2.24, 2.45) is 5.92 Å². The first-order chi connectivity index (χ1) is 8.30. The number of nitrogens with zero attached hydrogens (tertiary/aromatic N) is 1. The quantitative estimate of drug-likeness (QED) is 0.897. The number of thiazole rings is 1. The van der Waals surface area contributed by atoms with E-state index in [0.717, 1.165) is 18.5 Å². The second-order valence-electron chi connectivity index (χ2n) is 5.49. The fourth-order valence-corrected chi connectivity index (χ4v) is 2.06. The van der Waals surface area contributed by atoms with Gasteiger partial charge in [-0.3, -0.25) is 5.32 Å². The predicted octanol–water partition coefficient (Wildman–Crippen LogP) is 4.08. The molecule has 1 atom stereocenters. The number of nitrogens with one attached hydrogen (secondary N) is 1. The van der Waals surface area contributed by atoms with Gasteiger partial charge in [0.25, 0.3) is 0 Å². The van der Waals surface area contributed by atoms with Crippen molar-refractivity contribution in [1.82, 2.24) is 4.98 Å². The highest BCUT2D eigenvalue weighted by atomic mass is 32.1. The lowest BCUT2D eigenvalue weighted by molar-refractivity contribution is 0.0636. The van der Waals surface area contributed by atoms with Crippen LogP contribution in [-0.2, 0) is 11.2 Å². The number of carbonyl (C=O) groups excluding carboxylic acids is 1. The number of amides is 1. The number of rotatable bonds is 4. The third-order valence-corrected chi connectivity index (χ3v) is 3.22. The zero-order valence-corrected chi connectivity index (χ0v) is 12.6. The Morgan fingerprint density at radius 2 is 2.22 bits per heavy atom. The lowest BCUT2D eigenvalue weighted by atomic mass is 10.0. The van der Waals surface area contributed by atoms with Crippen molar-refractivity contribution >= 4 is 22.6 Å². The third-order valence-electron chi connectivity index (χ3n) is 2.41. The van der Waals surface area contributed by atoms with Gasteiger partial charge in [0.1, 0.15) is 5.60 Å².